The van der Waals surface area contributed by atoms with Crippen LogP contribution in [0.5, 0.6) is 0 Å². The smallest absolute Gasteiger partial charge is 0.0317 e. The van der Waals surface area contributed by atoms with Gasteiger partial charge in [0.2, 0.25) is 0 Å². The van der Waals surface area contributed by atoms with Crippen LogP contribution in [-0.2, 0) is 12.8 Å². The summed E-state index contributed by atoms with van der Waals surface area (Å²) in [5.74, 6) is 1.00. The van der Waals surface area contributed by atoms with Gasteiger partial charge in [-0.25, -0.2) is 0 Å². The first-order valence-corrected chi connectivity index (χ1v) is 12.7. The van der Waals surface area contributed by atoms with Gasteiger partial charge in [0.1, 0.15) is 0 Å². The van der Waals surface area contributed by atoms with Crippen LogP contribution in [0.25, 0.3) is 0 Å². The van der Waals surface area contributed by atoms with Crippen LogP contribution in [0.2, 0.25) is 0 Å². The van der Waals surface area contributed by atoms with Crippen LogP contribution >= 0.6 is 27.3 Å². The zero-order valence-electron chi connectivity index (χ0n) is 16.5. The third-order valence-electron chi connectivity index (χ3n) is 5.95. The molecule has 1 atom stereocenters. The topological polar surface area (TPSA) is 0 Å². The van der Waals surface area contributed by atoms with E-state index in [2.05, 4.69) is 28.2 Å². The zero-order chi connectivity index (χ0) is 17.7. The fourth-order valence-electron chi connectivity index (χ4n) is 4.33. The summed E-state index contributed by atoms with van der Waals surface area (Å²) in [5, 5.41) is 2.31. The van der Waals surface area contributed by atoms with Gasteiger partial charge in [-0.1, -0.05) is 90.4 Å². The SMILES string of the molecule is CCCCCCCCCCC1CCCCCc2c(Br)csc2CCC1. The molecule has 1 unspecified atom stereocenters. The molecule has 0 amide bonds. The molecule has 0 radical (unpaired) electrons. The molecule has 1 aliphatic rings. The Balaban J connectivity index is 1.64. The number of hydrogen-bond acceptors (Lipinski definition) is 1. The van der Waals surface area contributed by atoms with Crippen molar-refractivity contribution in [1.29, 1.82) is 0 Å². The lowest BCUT2D eigenvalue weighted by molar-refractivity contribution is 0.375. The van der Waals surface area contributed by atoms with Gasteiger partial charge in [-0.05, 0) is 53.1 Å². The quantitative estimate of drug-likeness (QED) is 0.345. The van der Waals surface area contributed by atoms with Crippen LogP contribution in [-0.4, -0.2) is 0 Å². The maximum absolute atomic E-state index is 3.77. The van der Waals surface area contributed by atoms with E-state index in [-0.39, 0.29) is 0 Å². The maximum Gasteiger partial charge on any atom is 0.0317 e. The molecule has 25 heavy (non-hydrogen) atoms. The zero-order valence-corrected chi connectivity index (χ0v) is 18.9. The Morgan fingerprint density at radius 1 is 0.880 bits per heavy atom. The number of unbranched alkanes of at least 4 members (excludes halogenated alkanes) is 7. The third-order valence-corrected chi connectivity index (χ3v) is 8.05. The highest BCUT2D eigenvalue weighted by atomic mass is 79.9. The summed E-state index contributed by atoms with van der Waals surface area (Å²) in [6.07, 6.45) is 24.4. The second kappa shape index (κ2) is 13.4. The minimum atomic E-state index is 1.00. The molecule has 1 heterocycles. The summed E-state index contributed by atoms with van der Waals surface area (Å²) >= 11 is 5.75. The van der Waals surface area contributed by atoms with E-state index in [0.29, 0.717) is 0 Å². The summed E-state index contributed by atoms with van der Waals surface area (Å²) in [7, 11) is 0. The van der Waals surface area contributed by atoms with Crippen LogP contribution in [0.3, 0.4) is 0 Å². The lowest BCUT2D eigenvalue weighted by atomic mass is 9.90. The van der Waals surface area contributed by atoms with Crippen molar-refractivity contribution in [3.63, 3.8) is 0 Å². The first-order valence-electron chi connectivity index (χ1n) is 11.1. The maximum atomic E-state index is 3.77. The normalized spacial score (nSPS) is 19.4. The Hall–Kier alpha value is 0.180. The molecule has 0 spiro atoms. The number of rotatable bonds is 9. The van der Waals surface area contributed by atoms with Crippen molar-refractivity contribution in [2.75, 3.05) is 0 Å². The van der Waals surface area contributed by atoms with Gasteiger partial charge in [-0.15, -0.1) is 11.3 Å². The van der Waals surface area contributed by atoms with Crippen LogP contribution in [0.1, 0.15) is 114 Å². The van der Waals surface area contributed by atoms with E-state index < -0.39 is 0 Å². The van der Waals surface area contributed by atoms with Gasteiger partial charge in [-0.3, -0.25) is 0 Å². The van der Waals surface area contributed by atoms with Crippen molar-refractivity contribution in [2.45, 2.75) is 116 Å². The fraction of sp³-hybridized carbons (Fsp3) is 0.826. The summed E-state index contributed by atoms with van der Waals surface area (Å²) in [5.41, 5.74) is 1.63. The molecule has 0 nitrogen and oxygen atoms in total. The lowest BCUT2D eigenvalue weighted by Crippen LogP contribution is -2.02. The average molecular weight is 428 g/mol. The Morgan fingerprint density at radius 2 is 1.60 bits per heavy atom. The lowest BCUT2D eigenvalue weighted by Gasteiger charge is -2.16. The molecular formula is C23H39BrS. The molecule has 0 saturated carbocycles. The standard InChI is InChI=1S/C23H39BrS/c1-2-3-4-5-6-7-8-10-14-20-15-11-9-12-17-21-22(24)19-25-23(21)18-13-16-20/h19-20H,2-18H2,1H3. The summed E-state index contributed by atoms with van der Waals surface area (Å²) in [4.78, 5) is 1.67. The van der Waals surface area contributed by atoms with Gasteiger partial charge in [0.25, 0.3) is 0 Å². The fourth-order valence-corrected chi connectivity index (χ4v) is 6.18. The van der Waals surface area contributed by atoms with Gasteiger partial charge in [-0.2, -0.15) is 0 Å². The summed E-state index contributed by atoms with van der Waals surface area (Å²) < 4.78 is 1.38. The van der Waals surface area contributed by atoms with Crippen molar-refractivity contribution >= 4 is 27.3 Å². The molecule has 0 saturated heterocycles. The first kappa shape index (κ1) is 21.5. The molecule has 0 aliphatic heterocycles. The molecule has 144 valence electrons. The highest BCUT2D eigenvalue weighted by Gasteiger charge is 2.14. The van der Waals surface area contributed by atoms with Gasteiger partial charge in [0.15, 0.2) is 0 Å². The molecular weight excluding hydrogens is 388 g/mol. The van der Waals surface area contributed by atoms with Crippen LogP contribution in [0.15, 0.2) is 9.85 Å². The Bertz CT molecular complexity index is 451. The molecule has 2 rings (SSSR count). The summed E-state index contributed by atoms with van der Waals surface area (Å²) in [6, 6.07) is 0. The van der Waals surface area contributed by atoms with Crippen molar-refractivity contribution in [1.82, 2.24) is 0 Å². The van der Waals surface area contributed by atoms with Crippen molar-refractivity contribution in [2.24, 2.45) is 5.92 Å². The van der Waals surface area contributed by atoms with E-state index in [1.807, 2.05) is 11.3 Å². The molecule has 1 aromatic rings. The van der Waals surface area contributed by atoms with Crippen LogP contribution in [0, 0.1) is 5.92 Å². The molecule has 1 aliphatic carbocycles. The molecule has 2 heteroatoms. The van der Waals surface area contributed by atoms with Gasteiger partial charge in [0, 0.05) is 14.7 Å². The minimum absolute atomic E-state index is 1.00. The van der Waals surface area contributed by atoms with E-state index in [9.17, 15) is 0 Å². The predicted octanol–water partition coefficient (Wildman–Crippen LogP) is 9.10. The van der Waals surface area contributed by atoms with E-state index in [0.717, 1.165) is 5.92 Å². The highest BCUT2D eigenvalue weighted by Crippen LogP contribution is 2.32. The van der Waals surface area contributed by atoms with Crippen LogP contribution in [0.4, 0.5) is 0 Å². The Labute approximate surface area is 169 Å². The van der Waals surface area contributed by atoms with Gasteiger partial charge < -0.3 is 0 Å². The van der Waals surface area contributed by atoms with Gasteiger partial charge >= 0.3 is 0 Å². The number of fused-ring (bicyclic) bond motifs is 1. The Morgan fingerprint density at radius 3 is 2.40 bits per heavy atom. The second-order valence-electron chi connectivity index (χ2n) is 8.11. The van der Waals surface area contributed by atoms with Crippen molar-refractivity contribution < 1.29 is 0 Å². The van der Waals surface area contributed by atoms with Crippen molar-refractivity contribution in [3.8, 4) is 0 Å². The second-order valence-corrected chi connectivity index (χ2v) is 9.93. The van der Waals surface area contributed by atoms with Gasteiger partial charge in [0.05, 0.1) is 0 Å². The van der Waals surface area contributed by atoms with E-state index in [4.69, 9.17) is 0 Å². The molecule has 0 N–H and O–H groups in total. The monoisotopic (exact) mass is 426 g/mol. The minimum Gasteiger partial charge on any atom is -0.147 e. The number of aryl methyl sites for hydroxylation is 1. The Kier molecular flexibility index (Phi) is 11.5. The molecule has 1 aromatic heterocycles. The average Bonchev–Trinajstić information content (AvgIpc) is 2.94. The van der Waals surface area contributed by atoms with Crippen molar-refractivity contribution in [3.05, 3.63) is 20.3 Å². The molecule has 0 bridgehead atoms. The number of hydrogen-bond donors (Lipinski definition) is 0. The van der Waals surface area contributed by atoms with E-state index in [1.165, 1.54) is 114 Å². The highest BCUT2D eigenvalue weighted by molar-refractivity contribution is 9.10. The van der Waals surface area contributed by atoms with E-state index >= 15 is 0 Å². The molecule has 0 fully saturated rings. The number of halogens is 1. The van der Waals surface area contributed by atoms with E-state index in [1.54, 1.807) is 10.4 Å². The third kappa shape index (κ3) is 8.61. The van der Waals surface area contributed by atoms with Crippen LogP contribution < -0.4 is 0 Å². The largest absolute Gasteiger partial charge is 0.147 e. The number of thiophene rings is 1. The first-order chi connectivity index (χ1) is 12.3. The predicted molar refractivity (Wildman–Crippen MR) is 118 cm³/mol. The summed E-state index contributed by atoms with van der Waals surface area (Å²) in [6.45, 7) is 2.30. The molecule has 0 aromatic carbocycles.